The van der Waals surface area contributed by atoms with Gasteiger partial charge in [0.05, 0.1) is 6.61 Å². The summed E-state index contributed by atoms with van der Waals surface area (Å²) in [5.41, 5.74) is 0.642. The maximum Gasteiger partial charge on any atom is 0.238 e. The van der Waals surface area contributed by atoms with Crippen LogP contribution >= 0.6 is 0 Å². The molecule has 6 heteroatoms. The quantitative estimate of drug-likeness (QED) is 0.720. The van der Waals surface area contributed by atoms with Gasteiger partial charge >= 0.3 is 0 Å². The van der Waals surface area contributed by atoms with Gasteiger partial charge in [0.1, 0.15) is 0 Å². The first-order chi connectivity index (χ1) is 9.78. The van der Waals surface area contributed by atoms with Crippen LogP contribution in [0.25, 0.3) is 22.6 Å². The van der Waals surface area contributed by atoms with Crippen molar-refractivity contribution in [2.45, 2.75) is 13.3 Å². The lowest BCUT2D eigenvalue weighted by Crippen LogP contribution is -1.99. The van der Waals surface area contributed by atoms with E-state index in [1.165, 1.54) is 0 Å². The minimum absolute atomic E-state index is 0.0987. The van der Waals surface area contributed by atoms with Crippen molar-refractivity contribution in [3.8, 4) is 17.3 Å². The molecule has 0 aliphatic carbocycles. The summed E-state index contributed by atoms with van der Waals surface area (Å²) in [6.45, 7) is 2.26. The van der Waals surface area contributed by atoms with Crippen molar-refractivity contribution in [3.05, 3.63) is 30.2 Å². The summed E-state index contributed by atoms with van der Waals surface area (Å²) in [5.74, 6) is 2.08. The lowest BCUT2D eigenvalue weighted by molar-refractivity contribution is 0.233. The van der Waals surface area contributed by atoms with Crippen LogP contribution in [0.2, 0.25) is 0 Å². The van der Waals surface area contributed by atoms with Gasteiger partial charge in [-0.3, -0.25) is 0 Å². The van der Waals surface area contributed by atoms with Crippen LogP contribution in [0, 0.1) is 6.92 Å². The van der Waals surface area contributed by atoms with Crippen LogP contribution in [0.15, 0.2) is 33.2 Å². The van der Waals surface area contributed by atoms with E-state index in [1.54, 1.807) is 6.92 Å². The van der Waals surface area contributed by atoms with E-state index < -0.39 is 0 Å². The zero-order valence-corrected chi connectivity index (χ0v) is 11.0. The number of aryl methyl sites for hydroxylation is 1. The Kier molecular flexibility index (Phi) is 3.39. The molecule has 0 aliphatic heterocycles. The maximum absolute atomic E-state index is 8.78. The van der Waals surface area contributed by atoms with E-state index in [4.69, 9.17) is 18.8 Å². The fourth-order valence-corrected chi connectivity index (χ4v) is 1.91. The minimum atomic E-state index is 0.0987. The zero-order chi connectivity index (χ0) is 13.9. The number of ether oxygens (including phenoxy) is 1. The zero-order valence-electron chi connectivity index (χ0n) is 11.0. The van der Waals surface area contributed by atoms with Crippen LogP contribution in [0.4, 0.5) is 0 Å². The van der Waals surface area contributed by atoms with Crippen LogP contribution in [0.5, 0.6) is 5.75 Å². The summed E-state index contributed by atoms with van der Waals surface area (Å²) >= 11 is 0. The second-order valence-corrected chi connectivity index (χ2v) is 4.35. The molecule has 3 aromatic rings. The van der Waals surface area contributed by atoms with Crippen molar-refractivity contribution in [1.29, 1.82) is 0 Å². The molecule has 104 valence electrons. The molecule has 0 fully saturated rings. The Morgan fingerprint density at radius 1 is 1.35 bits per heavy atom. The number of furan rings is 1. The standard InChI is InChI=1S/C14H14N2O4/c1-9-15-14(16-20-9)12-8-10-4-2-5-11(13(10)19-12)18-7-3-6-17/h2,4-5,8,17H,3,6-7H2,1H3. The molecule has 0 saturated carbocycles. The summed E-state index contributed by atoms with van der Waals surface area (Å²) in [6, 6.07) is 7.48. The lowest BCUT2D eigenvalue weighted by atomic mass is 10.2. The minimum Gasteiger partial charge on any atom is -0.490 e. The summed E-state index contributed by atoms with van der Waals surface area (Å²) in [4.78, 5) is 4.14. The topological polar surface area (TPSA) is 81.5 Å². The Morgan fingerprint density at radius 2 is 2.25 bits per heavy atom. The second kappa shape index (κ2) is 5.34. The first-order valence-corrected chi connectivity index (χ1v) is 6.35. The van der Waals surface area contributed by atoms with Crippen LogP contribution < -0.4 is 4.74 Å². The van der Waals surface area contributed by atoms with Crippen molar-refractivity contribution >= 4 is 11.0 Å². The molecule has 0 radical (unpaired) electrons. The van der Waals surface area contributed by atoms with E-state index in [1.807, 2.05) is 24.3 Å². The third-order valence-corrected chi connectivity index (χ3v) is 2.82. The molecule has 1 aromatic carbocycles. The molecule has 0 amide bonds. The normalized spacial score (nSPS) is 11.1. The largest absolute Gasteiger partial charge is 0.490 e. The second-order valence-electron chi connectivity index (χ2n) is 4.35. The molecular formula is C14H14N2O4. The fourth-order valence-electron chi connectivity index (χ4n) is 1.91. The number of rotatable bonds is 5. The van der Waals surface area contributed by atoms with E-state index in [0.717, 1.165) is 5.39 Å². The Labute approximate surface area is 115 Å². The maximum atomic E-state index is 8.78. The van der Waals surface area contributed by atoms with Crippen LogP contribution in [-0.2, 0) is 0 Å². The van der Waals surface area contributed by atoms with Gasteiger partial charge in [-0.05, 0) is 12.1 Å². The van der Waals surface area contributed by atoms with E-state index >= 15 is 0 Å². The van der Waals surface area contributed by atoms with E-state index in [0.29, 0.717) is 41.8 Å². The van der Waals surface area contributed by atoms with Crippen molar-refractivity contribution < 1.29 is 18.8 Å². The molecule has 0 aliphatic rings. The van der Waals surface area contributed by atoms with Gasteiger partial charge in [0.15, 0.2) is 17.1 Å². The molecule has 0 atom stereocenters. The van der Waals surface area contributed by atoms with Crippen LogP contribution in [0.3, 0.4) is 0 Å². The van der Waals surface area contributed by atoms with E-state index in [9.17, 15) is 0 Å². The average Bonchev–Trinajstić information content (AvgIpc) is 3.05. The molecule has 0 unspecified atom stereocenters. The van der Waals surface area contributed by atoms with E-state index in [-0.39, 0.29) is 6.61 Å². The number of nitrogens with zero attached hydrogens (tertiary/aromatic N) is 2. The lowest BCUT2D eigenvalue weighted by Gasteiger charge is -2.04. The molecule has 6 nitrogen and oxygen atoms in total. The summed E-state index contributed by atoms with van der Waals surface area (Å²) in [6.07, 6.45) is 0.577. The summed E-state index contributed by atoms with van der Waals surface area (Å²) < 4.78 is 16.3. The number of hydrogen-bond acceptors (Lipinski definition) is 6. The Balaban J connectivity index is 1.96. The molecular weight excluding hydrogens is 260 g/mol. The third-order valence-electron chi connectivity index (χ3n) is 2.82. The highest BCUT2D eigenvalue weighted by Crippen LogP contribution is 2.32. The summed E-state index contributed by atoms with van der Waals surface area (Å²) in [7, 11) is 0. The molecule has 3 rings (SSSR count). The highest BCUT2D eigenvalue weighted by molar-refractivity contribution is 5.86. The predicted octanol–water partition coefficient (Wildman–Crippen LogP) is 2.55. The fraction of sp³-hybridized carbons (Fsp3) is 0.286. The highest BCUT2D eigenvalue weighted by atomic mass is 16.5. The number of aromatic nitrogens is 2. The number of aliphatic hydroxyl groups excluding tert-OH is 1. The monoisotopic (exact) mass is 274 g/mol. The average molecular weight is 274 g/mol. The van der Waals surface area contributed by atoms with Crippen molar-refractivity contribution in [3.63, 3.8) is 0 Å². The number of benzene rings is 1. The van der Waals surface area contributed by atoms with Gasteiger partial charge in [0, 0.05) is 25.3 Å². The van der Waals surface area contributed by atoms with Gasteiger partial charge in [0.25, 0.3) is 0 Å². The Bertz CT molecular complexity index is 717. The first-order valence-electron chi connectivity index (χ1n) is 6.35. The Hall–Kier alpha value is -2.34. The molecule has 1 N–H and O–H groups in total. The van der Waals surface area contributed by atoms with Crippen molar-refractivity contribution in [1.82, 2.24) is 10.1 Å². The molecule has 0 spiro atoms. The van der Waals surface area contributed by atoms with Gasteiger partial charge in [-0.15, -0.1) is 0 Å². The number of para-hydroxylation sites is 1. The van der Waals surface area contributed by atoms with E-state index in [2.05, 4.69) is 10.1 Å². The van der Waals surface area contributed by atoms with Gasteiger partial charge in [-0.25, -0.2) is 0 Å². The number of fused-ring (bicyclic) bond motifs is 1. The Morgan fingerprint density at radius 3 is 3.00 bits per heavy atom. The van der Waals surface area contributed by atoms with Crippen molar-refractivity contribution in [2.24, 2.45) is 0 Å². The third kappa shape index (κ3) is 2.37. The van der Waals surface area contributed by atoms with Gasteiger partial charge in [-0.2, -0.15) is 4.98 Å². The SMILES string of the molecule is Cc1nc(-c2cc3cccc(OCCCO)c3o2)no1. The van der Waals surface area contributed by atoms with Crippen LogP contribution in [0.1, 0.15) is 12.3 Å². The molecule has 0 bridgehead atoms. The molecule has 2 heterocycles. The number of aliphatic hydroxyl groups is 1. The van der Waals surface area contributed by atoms with Gasteiger partial charge in [-0.1, -0.05) is 17.3 Å². The predicted molar refractivity (Wildman–Crippen MR) is 71.4 cm³/mol. The smallest absolute Gasteiger partial charge is 0.238 e. The highest BCUT2D eigenvalue weighted by Gasteiger charge is 2.14. The molecule has 2 aromatic heterocycles. The molecule has 0 saturated heterocycles. The van der Waals surface area contributed by atoms with Gasteiger partial charge < -0.3 is 18.8 Å². The van der Waals surface area contributed by atoms with Crippen LogP contribution in [-0.4, -0.2) is 28.5 Å². The molecule has 20 heavy (non-hydrogen) atoms. The summed E-state index contributed by atoms with van der Waals surface area (Å²) in [5, 5.41) is 13.5. The van der Waals surface area contributed by atoms with Gasteiger partial charge in [0.2, 0.25) is 11.7 Å². The number of hydrogen-bond donors (Lipinski definition) is 1. The first kappa shape index (κ1) is 12.7. The van der Waals surface area contributed by atoms with Crippen molar-refractivity contribution in [2.75, 3.05) is 13.2 Å².